The fourth-order valence-electron chi connectivity index (χ4n) is 2.26. The van der Waals surface area contributed by atoms with Gasteiger partial charge in [-0.05, 0) is 25.5 Å². The van der Waals surface area contributed by atoms with Gasteiger partial charge in [0.25, 0.3) is 5.91 Å². The van der Waals surface area contributed by atoms with Crippen molar-refractivity contribution in [2.75, 3.05) is 32.1 Å². The van der Waals surface area contributed by atoms with E-state index in [-0.39, 0.29) is 36.8 Å². The number of hydrogen-bond acceptors (Lipinski definition) is 6. The van der Waals surface area contributed by atoms with E-state index in [1.54, 1.807) is 11.3 Å². The molecule has 0 radical (unpaired) electrons. The number of hydrogen-bond donors (Lipinski definition) is 2. The summed E-state index contributed by atoms with van der Waals surface area (Å²) in [6.07, 6.45) is 2.18. The van der Waals surface area contributed by atoms with Crippen molar-refractivity contribution in [3.63, 3.8) is 0 Å². The van der Waals surface area contributed by atoms with Crippen LogP contribution in [0.5, 0.6) is 0 Å². The van der Waals surface area contributed by atoms with Gasteiger partial charge in [-0.15, -0.1) is 36.2 Å². The van der Waals surface area contributed by atoms with Crippen molar-refractivity contribution in [3.05, 3.63) is 10.9 Å². The number of fused-ring (bicyclic) bond motifs is 1. The topological polar surface area (TPSA) is 57.3 Å². The van der Waals surface area contributed by atoms with Crippen LogP contribution >= 0.6 is 47.5 Å². The maximum atomic E-state index is 12.2. The van der Waals surface area contributed by atoms with Gasteiger partial charge in [-0.1, -0.05) is 11.3 Å². The summed E-state index contributed by atoms with van der Waals surface area (Å²) in [5, 5.41) is 7.39. The van der Waals surface area contributed by atoms with Gasteiger partial charge in [0, 0.05) is 26.7 Å². The second kappa shape index (κ2) is 8.31. The zero-order valence-electron chi connectivity index (χ0n) is 12.4. The molecule has 9 heteroatoms. The van der Waals surface area contributed by atoms with Crippen LogP contribution in [-0.4, -0.2) is 44.1 Å². The van der Waals surface area contributed by atoms with Gasteiger partial charge in [-0.25, -0.2) is 4.98 Å². The molecule has 0 aromatic carbocycles. The average Bonchev–Trinajstić information content (AvgIpc) is 2.97. The predicted octanol–water partition coefficient (Wildman–Crippen LogP) is 2.75. The van der Waals surface area contributed by atoms with Crippen LogP contribution < -0.4 is 15.5 Å². The third-order valence-electron chi connectivity index (χ3n) is 3.32. The Morgan fingerprint density at radius 1 is 1.41 bits per heavy atom. The molecule has 5 nitrogen and oxygen atoms in total. The summed E-state index contributed by atoms with van der Waals surface area (Å²) < 4.78 is 1.09. The SMILES string of the molecule is CN(C)c1nc2sc(C(=O)NC3CCCNC3)cc2s1.Cl.Cl. The van der Waals surface area contributed by atoms with Gasteiger partial charge < -0.3 is 15.5 Å². The van der Waals surface area contributed by atoms with Gasteiger partial charge in [-0.3, -0.25) is 4.79 Å². The highest BCUT2D eigenvalue weighted by Gasteiger charge is 2.19. The number of piperidine rings is 1. The van der Waals surface area contributed by atoms with Crippen LogP contribution in [0.2, 0.25) is 0 Å². The van der Waals surface area contributed by atoms with Gasteiger partial charge in [0.05, 0.1) is 9.58 Å². The third kappa shape index (κ3) is 4.23. The quantitative estimate of drug-likeness (QED) is 0.856. The first-order valence-corrected chi connectivity index (χ1v) is 8.36. The van der Waals surface area contributed by atoms with Crippen LogP contribution in [0.1, 0.15) is 22.5 Å². The zero-order valence-corrected chi connectivity index (χ0v) is 15.7. The van der Waals surface area contributed by atoms with Crippen molar-refractivity contribution in [2.45, 2.75) is 18.9 Å². The molecule has 124 valence electrons. The number of nitrogens with zero attached hydrogens (tertiary/aromatic N) is 2. The van der Waals surface area contributed by atoms with Gasteiger partial charge in [0.2, 0.25) is 0 Å². The second-order valence-corrected chi connectivity index (χ2v) is 7.23. The van der Waals surface area contributed by atoms with Crippen LogP contribution in [0.3, 0.4) is 0 Å². The number of amides is 1. The molecule has 1 atom stereocenters. The van der Waals surface area contributed by atoms with E-state index in [0.29, 0.717) is 0 Å². The first kappa shape index (κ1) is 19.4. The molecule has 1 aliphatic heterocycles. The van der Waals surface area contributed by atoms with Crippen molar-refractivity contribution >= 4 is 68.1 Å². The molecular formula is C13H20Cl2N4OS2. The van der Waals surface area contributed by atoms with Crippen molar-refractivity contribution < 1.29 is 4.79 Å². The lowest BCUT2D eigenvalue weighted by atomic mass is 10.1. The van der Waals surface area contributed by atoms with Crippen molar-refractivity contribution in [3.8, 4) is 0 Å². The Morgan fingerprint density at radius 2 is 2.18 bits per heavy atom. The molecule has 0 saturated carbocycles. The summed E-state index contributed by atoms with van der Waals surface area (Å²) in [5.41, 5.74) is 0. The average molecular weight is 383 g/mol. The molecule has 0 bridgehead atoms. The number of carbonyl (C=O) groups is 1. The number of anilines is 1. The van der Waals surface area contributed by atoms with Crippen LogP contribution in [0, 0.1) is 0 Å². The fraction of sp³-hybridized carbons (Fsp3) is 0.538. The molecule has 2 aromatic rings. The van der Waals surface area contributed by atoms with Gasteiger partial charge in [0.1, 0.15) is 4.83 Å². The lowest BCUT2D eigenvalue weighted by molar-refractivity contribution is 0.0935. The molecular weight excluding hydrogens is 363 g/mol. The smallest absolute Gasteiger partial charge is 0.261 e. The Labute approximate surface area is 150 Å². The number of carbonyl (C=O) groups excluding carboxylic acids is 1. The maximum Gasteiger partial charge on any atom is 0.261 e. The Kier molecular flexibility index (Phi) is 7.34. The molecule has 1 aliphatic rings. The Hall–Kier alpha value is -0.600. The highest BCUT2D eigenvalue weighted by atomic mass is 35.5. The van der Waals surface area contributed by atoms with Crippen LogP contribution in [0.25, 0.3) is 9.53 Å². The molecule has 1 saturated heterocycles. The van der Waals surface area contributed by atoms with Crippen LogP contribution in [0.15, 0.2) is 6.07 Å². The van der Waals surface area contributed by atoms with E-state index in [9.17, 15) is 4.79 Å². The number of rotatable bonds is 3. The number of aromatic nitrogens is 1. The minimum atomic E-state index is 0. The summed E-state index contributed by atoms with van der Waals surface area (Å²) >= 11 is 3.09. The van der Waals surface area contributed by atoms with Gasteiger partial charge in [0.15, 0.2) is 5.13 Å². The molecule has 3 rings (SSSR count). The minimum Gasteiger partial charge on any atom is -0.354 e. The summed E-state index contributed by atoms with van der Waals surface area (Å²) in [6.45, 7) is 1.92. The second-order valence-electron chi connectivity index (χ2n) is 5.19. The van der Waals surface area contributed by atoms with E-state index in [1.807, 2.05) is 25.1 Å². The maximum absolute atomic E-state index is 12.2. The molecule has 2 aromatic heterocycles. The number of thiazole rings is 1. The first-order valence-electron chi connectivity index (χ1n) is 6.73. The normalized spacial score (nSPS) is 17.5. The van der Waals surface area contributed by atoms with Crippen LogP contribution in [0.4, 0.5) is 5.13 Å². The highest BCUT2D eigenvalue weighted by molar-refractivity contribution is 7.29. The number of halogens is 2. The largest absolute Gasteiger partial charge is 0.354 e. The monoisotopic (exact) mass is 382 g/mol. The lowest BCUT2D eigenvalue weighted by Gasteiger charge is -2.23. The van der Waals surface area contributed by atoms with E-state index in [4.69, 9.17) is 0 Å². The fourth-order valence-corrected chi connectivity index (χ4v) is 4.30. The molecule has 22 heavy (non-hydrogen) atoms. The number of nitrogens with one attached hydrogen (secondary N) is 2. The number of thiophene rings is 1. The van der Waals surface area contributed by atoms with E-state index >= 15 is 0 Å². The van der Waals surface area contributed by atoms with E-state index in [1.165, 1.54) is 11.3 Å². The Balaban J connectivity index is 0.00000121. The van der Waals surface area contributed by atoms with E-state index in [0.717, 1.165) is 45.5 Å². The Bertz CT molecular complexity index is 591. The van der Waals surface area contributed by atoms with E-state index in [2.05, 4.69) is 15.6 Å². The summed E-state index contributed by atoms with van der Waals surface area (Å²) in [7, 11) is 3.96. The standard InChI is InChI=1S/C13H18N4OS2.2ClH/c1-17(2)13-16-12-10(20-13)6-9(19-12)11(18)15-8-4-3-5-14-7-8;;/h6,8,14H,3-5,7H2,1-2H3,(H,15,18);2*1H. The highest BCUT2D eigenvalue weighted by Crippen LogP contribution is 2.33. The minimum absolute atomic E-state index is 0. The van der Waals surface area contributed by atoms with Crippen molar-refractivity contribution in [1.82, 2.24) is 15.6 Å². The molecule has 3 heterocycles. The van der Waals surface area contributed by atoms with E-state index < -0.39 is 0 Å². The zero-order chi connectivity index (χ0) is 14.1. The van der Waals surface area contributed by atoms with Crippen LogP contribution in [-0.2, 0) is 0 Å². The summed E-state index contributed by atoms with van der Waals surface area (Å²) in [6, 6.07) is 2.21. The summed E-state index contributed by atoms with van der Waals surface area (Å²) in [4.78, 5) is 20.5. The third-order valence-corrected chi connectivity index (χ3v) is 5.64. The first-order chi connectivity index (χ1) is 9.63. The summed E-state index contributed by atoms with van der Waals surface area (Å²) in [5.74, 6) is 0.0281. The molecule has 0 spiro atoms. The van der Waals surface area contributed by atoms with Gasteiger partial charge >= 0.3 is 0 Å². The van der Waals surface area contributed by atoms with Crippen molar-refractivity contribution in [2.24, 2.45) is 0 Å². The lowest BCUT2D eigenvalue weighted by Crippen LogP contribution is -2.45. The van der Waals surface area contributed by atoms with Crippen molar-refractivity contribution in [1.29, 1.82) is 0 Å². The molecule has 1 fully saturated rings. The Morgan fingerprint density at radius 3 is 2.77 bits per heavy atom. The molecule has 1 unspecified atom stereocenters. The molecule has 1 amide bonds. The molecule has 0 aliphatic carbocycles. The molecule has 2 N–H and O–H groups in total. The van der Waals surface area contributed by atoms with Gasteiger partial charge in [-0.2, -0.15) is 0 Å². The predicted molar refractivity (Wildman–Crippen MR) is 99.7 cm³/mol.